The van der Waals surface area contributed by atoms with Crippen LogP contribution in [0.25, 0.3) is 5.76 Å². The summed E-state index contributed by atoms with van der Waals surface area (Å²) in [6, 6.07) is 12.0. The summed E-state index contributed by atoms with van der Waals surface area (Å²) in [5.74, 6) is -1.94. The van der Waals surface area contributed by atoms with Crippen LogP contribution in [0.1, 0.15) is 29.5 Å². The number of likely N-dealkylation sites (tertiary alicyclic amines) is 1. The Morgan fingerprint density at radius 3 is 2.65 bits per heavy atom. The topological polar surface area (TPSA) is 96.4 Å². The maximum absolute atomic E-state index is 13.9. The van der Waals surface area contributed by atoms with Crippen LogP contribution in [0, 0.1) is 6.92 Å². The van der Waals surface area contributed by atoms with Gasteiger partial charge in [0.15, 0.2) is 5.54 Å². The minimum absolute atomic E-state index is 0.0803. The highest BCUT2D eigenvalue weighted by Crippen LogP contribution is 2.53. The molecule has 2 aromatic rings. The fourth-order valence-corrected chi connectivity index (χ4v) is 5.38. The molecule has 1 N–H and O–H groups in total. The van der Waals surface area contributed by atoms with Gasteiger partial charge in [-0.15, -0.1) is 0 Å². The number of para-hydroxylation sites is 1. The lowest BCUT2D eigenvalue weighted by molar-refractivity contribution is -0.145. The number of carbonyl (C=O) groups is 3. The fourth-order valence-electron chi connectivity index (χ4n) is 5.38. The summed E-state index contributed by atoms with van der Waals surface area (Å²) in [5.41, 5.74) is 0.164. The molecule has 3 aliphatic heterocycles. The van der Waals surface area contributed by atoms with E-state index in [9.17, 15) is 19.5 Å². The number of Topliss-reactive ketones (excluding diaryl/α,β-unsaturated/α-hetero) is 1. The van der Waals surface area contributed by atoms with Gasteiger partial charge < -0.3 is 24.4 Å². The molecule has 34 heavy (non-hydrogen) atoms. The summed E-state index contributed by atoms with van der Waals surface area (Å²) in [4.78, 5) is 43.6. The van der Waals surface area contributed by atoms with Gasteiger partial charge in [0.05, 0.1) is 18.8 Å². The molecule has 2 aromatic carbocycles. The first-order valence-corrected chi connectivity index (χ1v) is 11.3. The van der Waals surface area contributed by atoms with Crippen LogP contribution in [0.15, 0.2) is 48.0 Å². The number of ketones is 1. The number of rotatable bonds is 4. The van der Waals surface area contributed by atoms with E-state index in [1.165, 1.54) is 9.80 Å². The number of fused-ring (bicyclic) bond motifs is 2. The average Bonchev–Trinajstić information content (AvgIpc) is 3.49. The first-order chi connectivity index (χ1) is 16.3. The molecular formula is C26H26N2O6. The van der Waals surface area contributed by atoms with E-state index in [0.29, 0.717) is 29.2 Å². The zero-order chi connectivity index (χ0) is 24.2. The minimum Gasteiger partial charge on any atom is -0.507 e. The van der Waals surface area contributed by atoms with Crippen LogP contribution in [0.5, 0.6) is 5.75 Å². The molecule has 176 valence electrons. The quantitative estimate of drug-likeness (QED) is 0.426. The lowest BCUT2D eigenvalue weighted by atomic mass is 9.81. The Morgan fingerprint density at radius 1 is 1.21 bits per heavy atom. The number of benzene rings is 2. The normalized spacial score (nSPS) is 25.5. The van der Waals surface area contributed by atoms with Crippen LogP contribution in [0.2, 0.25) is 0 Å². The Hall–Kier alpha value is -3.65. The molecule has 8 heteroatoms. The molecule has 2 fully saturated rings. The van der Waals surface area contributed by atoms with Crippen molar-refractivity contribution in [1.82, 2.24) is 4.90 Å². The smallest absolute Gasteiger partial charge is 0.296 e. The molecule has 0 aliphatic carbocycles. The summed E-state index contributed by atoms with van der Waals surface area (Å²) < 4.78 is 11.1. The minimum atomic E-state index is -1.76. The van der Waals surface area contributed by atoms with E-state index in [4.69, 9.17) is 9.47 Å². The van der Waals surface area contributed by atoms with Gasteiger partial charge in [-0.05, 0) is 49.6 Å². The van der Waals surface area contributed by atoms with Crippen molar-refractivity contribution in [3.05, 3.63) is 64.7 Å². The molecule has 0 aromatic heterocycles. The number of nitrogens with zero attached hydrogens (tertiary/aromatic N) is 2. The fraction of sp³-hybridized carbons (Fsp3) is 0.346. The number of amides is 2. The monoisotopic (exact) mass is 462 g/mol. The summed E-state index contributed by atoms with van der Waals surface area (Å²) in [5, 5.41) is 11.5. The highest BCUT2D eigenvalue weighted by atomic mass is 16.5. The molecule has 0 radical (unpaired) electrons. The number of carbonyl (C=O) groups excluding carboxylic acids is 3. The van der Waals surface area contributed by atoms with E-state index in [1.807, 2.05) is 6.92 Å². The molecule has 2 atom stereocenters. The second-order valence-electron chi connectivity index (χ2n) is 8.88. The lowest BCUT2D eigenvalue weighted by Crippen LogP contribution is -2.53. The molecule has 8 nitrogen and oxygen atoms in total. The Labute approximate surface area is 197 Å². The maximum Gasteiger partial charge on any atom is 0.296 e. The Morgan fingerprint density at radius 2 is 1.97 bits per heavy atom. The summed E-state index contributed by atoms with van der Waals surface area (Å²) in [6.45, 7) is 2.46. The predicted octanol–water partition coefficient (Wildman–Crippen LogP) is 2.73. The number of hydrogen-bond acceptors (Lipinski definition) is 6. The number of anilines is 1. The summed E-state index contributed by atoms with van der Waals surface area (Å²) in [6.07, 6.45) is 1.28. The van der Waals surface area contributed by atoms with Crippen LogP contribution in [-0.2, 0) is 24.7 Å². The lowest BCUT2D eigenvalue weighted by Gasteiger charge is -2.35. The number of likely N-dealkylation sites (N-methyl/N-ethyl adjacent to an activating group) is 1. The van der Waals surface area contributed by atoms with Crippen LogP contribution in [0.4, 0.5) is 5.69 Å². The predicted molar refractivity (Wildman–Crippen MR) is 125 cm³/mol. The van der Waals surface area contributed by atoms with Crippen molar-refractivity contribution < 1.29 is 29.0 Å². The van der Waals surface area contributed by atoms with Crippen LogP contribution < -0.4 is 9.64 Å². The van der Waals surface area contributed by atoms with Gasteiger partial charge in [0.2, 0.25) is 0 Å². The van der Waals surface area contributed by atoms with E-state index in [1.54, 1.807) is 56.6 Å². The number of methoxy groups -OCH3 is 1. The van der Waals surface area contributed by atoms with Crippen LogP contribution >= 0.6 is 0 Å². The van der Waals surface area contributed by atoms with Crippen LogP contribution in [-0.4, -0.2) is 61.0 Å². The van der Waals surface area contributed by atoms with Crippen molar-refractivity contribution in [2.45, 2.75) is 31.4 Å². The van der Waals surface area contributed by atoms with Gasteiger partial charge in [-0.25, -0.2) is 0 Å². The zero-order valence-electron chi connectivity index (χ0n) is 19.3. The molecule has 0 unspecified atom stereocenters. The zero-order valence-corrected chi connectivity index (χ0v) is 19.3. The van der Waals surface area contributed by atoms with E-state index >= 15 is 0 Å². The molecule has 2 saturated heterocycles. The molecular weight excluding hydrogens is 436 g/mol. The van der Waals surface area contributed by atoms with Crippen molar-refractivity contribution in [2.75, 3.05) is 32.2 Å². The molecule has 3 heterocycles. The summed E-state index contributed by atoms with van der Waals surface area (Å²) >= 11 is 0. The van der Waals surface area contributed by atoms with E-state index in [0.717, 1.165) is 18.4 Å². The molecule has 2 amide bonds. The molecule has 0 saturated carbocycles. The van der Waals surface area contributed by atoms with Crippen molar-refractivity contribution in [3.63, 3.8) is 0 Å². The van der Waals surface area contributed by atoms with E-state index in [2.05, 4.69) is 0 Å². The van der Waals surface area contributed by atoms with Gasteiger partial charge in [0.25, 0.3) is 17.6 Å². The third-order valence-electron chi connectivity index (χ3n) is 7.02. The van der Waals surface area contributed by atoms with Gasteiger partial charge in [0, 0.05) is 37.0 Å². The first kappa shape index (κ1) is 22.2. The van der Waals surface area contributed by atoms with E-state index in [-0.39, 0.29) is 18.2 Å². The van der Waals surface area contributed by atoms with Gasteiger partial charge >= 0.3 is 0 Å². The number of aryl methyl sites for hydroxylation is 1. The van der Waals surface area contributed by atoms with Crippen molar-refractivity contribution >= 4 is 29.0 Å². The average molecular weight is 463 g/mol. The van der Waals surface area contributed by atoms with Gasteiger partial charge in [-0.2, -0.15) is 0 Å². The molecule has 0 bridgehead atoms. The number of aliphatic hydroxyl groups excluding tert-OH is 1. The Balaban J connectivity index is 1.78. The second kappa shape index (κ2) is 7.99. The second-order valence-corrected chi connectivity index (χ2v) is 8.88. The maximum atomic E-state index is 13.9. The van der Waals surface area contributed by atoms with Crippen molar-refractivity contribution in [1.29, 1.82) is 0 Å². The third kappa shape index (κ3) is 2.91. The summed E-state index contributed by atoms with van der Waals surface area (Å²) in [7, 11) is 3.15. The van der Waals surface area contributed by atoms with Crippen molar-refractivity contribution in [2.24, 2.45) is 0 Å². The Kier molecular flexibility index (Phi) is 5.20. The molecule has 3 aliphatic rings. The standard InChI is InChI=1S/C26H26N2O6/c1-15-13-16(10-11-20(15)33-3)22(29)21-23(30)24(31)28(14-17-7-6-12-34-17)26(21)18-8-4-5-9-19(18)27(2)25(26)32/h4-5,8-11,13,17,29H,6-7,12,14H2,1-3H3/t17-,26-/m0/s1. The van der Waals surface area contributed by atoms with Gasteiger partial charge in [-0.1, -0.05) is 18.2 Å². The van der Waals surface area contributed by atoms with Crippen LogP contribution in [0.3, 0.4) is 0 Å². The number of hydrogen-bond donors (Lipinski definition) is 1. The van der Waals surface area contributed by atoms with Gasteiger partial charge in [-0.3, -0.25) is 14.4 Å². The molecule has 5 rings (SSSR count). The first-order valence-electron chi connectivity index (χ1n) is 11.3. The highest BCUT2D eigenvalue weighted by molar-refractivity contribution is 6.50. The number of aliphatic hydroxyl groups is 1. The number of ether oxygens (including phenoxy) is 2. The molecule has 1 spiro atoms. The largest absolute Gasteiger partial charge is 0.507 e. The SMILES string of the molecule is COc1ccc(C(O)=C2C(=O)C(=O)N(C[C@@H]3CCCO3)[C@]23C(=O)N(C)c2ccccc23)cc1C. The highest BCUT2D eigenvalue weighted by Gasteiger charge is 2.67. The van der Waals surface area contributed by atoms with Crippen molar-refractivity contribution in [3.8, 4) is 5.75 Å². The van der Waals surface area contributed by atoms with E-state index < -0.39 is 28.9 Å². The van der Waals surface area contributed by atoms with Gasteiger partial charge in [0.1, 0.15) is 11.5 Å². The Bertz CT molecular complexity index is 1250. The third-order valence-corrected chi connectivity index (χ3v) is 7.02.